The van der Waals surface area contributed by atoms with Gasteiger partial charge in [-0.3, -0.25) is 0 Å². The second-order valence-electron chi connectivity index (χ2n) is 11.5. The lowest BCUT2D eigenvalue weighted by Crippen LogP contribution is -1.91. The summed E-state index contributed by atoms with van der Waals surface area (Å²) in [5.74, 6) is 0. The maximum Gasteiger partial charge on any atom is 0.0430 e. The van der Waals surface area contributed by atoms with E-state index in [-0.39, 0.29) is 0 Å². The molecular weight excluding hydrogens is 537 g/mol. The fraction of sp³-hybridized carbons (Fsp3) is 0.0476. The Bertz CT molecular complexity index is 2330. The van der Waals surface area contributed by atoms with Crippen LogP contribution in [0.5, 0.6) is 0 Å². The zero-order valence-electron chi connectivity index (χ0n) is 23.7. The van der Waals surface area contributed by atoms with Crippen molar-refractivity contribution in [2.24, 2.45) is 0 Å². The summed E-state index contributed by atoms with van der Waals surface area (Å²) in [5, 5.41) is 9.13. The van der Waals surface area contributed by atoms with Crippen LogP contribution >= 0.6 is 11.3 Å². The van der Waals surface area contributed by atoms with Crippen molar-refractivity contribution in [2.75, 3.05) is 0 Å². The first-order valence-electron chi connectivity index (χ1n) is 15.1. The van der Waals surface area contributed by atoms with Gasteiger partial charge < -0.3 is 0 Å². The SMILES string of the molecule is C1=Cc2c(sc3c(-c4c5ccccc5c(-c5ccc6cc(-c7ccccc7)ccc6c5)c5ccccc45)cccc23)CC1. The molecule has 0 radical (unpaired) electrons. The molecule has 0 unspecified atom stereocenters. The second kappa shape index (κ2) is 9.80. The fourth-order valence-electron chi connectivity index (χ4n) is 7.11. The maximum absolute atomic E-state index is 2.37. The third-order valence-corrected chi connectivity index (χ3v) is 10.4. The first-order chi connectivity index (χ1) is 21.3. The average Bonchev–Trinajstić information content (AvgIpc) is 3.46. The van der Waals surface area contributed by atoms with E-state index in [4.69, 9.17) is 0 Å². The molecule has 1 heterocycles. The number of benzene rings is 7. The quantitative estimate of drug-likeness (QED) is 0.187. The Morgan fingerprint density at radius 2 is 1.07 bits per heavy atom. The number of allylic oxidation sites excluding steroid dienone is 1. The van der Waals surface area contributed by atoms with E-state index in [1.54, 1.807) is 0 Å². The number of thiophene rings is 1. The van der Waals surface area contributed by atoms with Crippen LogP contribution in [0.2, 0.25) is 0 Å². The van der Waals surface area contributed by atoms with Crippen LogP contribution in [0.4, 0.5) is 0 Å². The van der Waals surface area contributed by atoms with Crippen molar-refractivity contribution in [3.8, 4) is 33.4 Å². The van der Waals surface area contributed by atoms with Gasteiger partial charge in [-0.1, -0.05) is 133 Å². The monoisotopic (exact) mass is 564 g/mol. The number of fused-ring (bicyclic) bond motifs is 6. The molecule has 1 aromatic heterocycles. The van der Waals surface area contributed by atoms with E-state index >= 15 is 0 Å². The largest absolute Gasteiger partial charge is 0.139 e. The third kappa shape index (κ3) is 3.89. The molecule has 0 aliphatic heterocycles. The molecule has 7 aromatic carbocycles. The summed E-state index contributed by atoms with van der Waals surface area (Å²) in [6.45, 7) is 0. The molecule has 0 N–H and O–H groups in total. The summed E-state index contributed by atoms with van der Waals surface area (Å²) in [5.41, 5.74) is 9.18. The van der Waals surface area contributed by atoms with E-state index in [1.165, 1.54) is 86.2 Å². The van der Waals surface area contributed by atoms with Crippen LogP contribution in [0.25, 0.3) is 81.9 Å². The van der Waals surface area contributed by atoms with Crippen molar-refractivity contribution in [1.29, 1.82) is 0 Å². The Hall–Kier alpha value is -4.98. The highest BCUT2D eigenvalue weighted by Crippen LogP contribution is 2.48. The number of hydrogen-bond acceptors (Lipinski definition) is 1. The van der Waals surface area contributed by atoms with Crippen molar-refractivity contribution >= 4 is 59.8 Å². The average molecular weight is 565 g/mol. The number of aryl methyl sites for hydroxylation is 1. The molecule has 0 amide bonds. The van der Waals surface area contributed by atoms with E-state index in [1.807, 2.05) is 11.3 Å². The van der Waals surface area contributed by atoms with Crippen LogP contribution in [0.3, 0.4) is 0 Å². The molecule has 1 aliphatic carbocycles. The van der Waals surface area contributed by atoms with Gasteiger partial charge in [0.25, 0.3) is 0 Å². The summed E-state index contributed by atoms with van der Waals surface area (Å²) in [6.07, 6.45) is 6.94. The Labute approximate surface area is 255 Å². The van der Waals surface area contributed by atoms with E-state index in [0.717, 1.165) is 12.8 Å². The molecule has 8 aromatic rings. The highest BCUT2D eigenvalue weighted by molar-refractivity contribution is 7.20. The van der Waals surface area contributed by atoms with E-state index in [2.05, 4.69) is 146 Å². The lowest BCUT2D eigenvalue weighted by atomic mass is 9.85. The first kappa shape index (κ1) is 24.6. The predicted molar refractivity (Wildman–Crippen MR) is 188 cm³/mol. The van der Waals surface area contributed by atoms with Crippen molar-refractivity contribution in [1.82, 2.24) is 0 Å². The molecule has 1 heteroatoms. The minimum absolute atomic E-state index is 1.13. The Morgan fingerprint density at radius 3 is 1.79 bits per heavy atom. The van der Waals surface area contributed by atoms with E-state index < -0.39 is 0 Å². The standard InChI is InChI=1S/C42H28S/c1-2-11-27(12-3-1)28-21-22-30-26-31(24-23-29(30)25-28)40-33-14-4-6-16-35(33)41(36-17-7-5-15-34(36)40)38-19-10-18-37-32-13-8-9-20-39(32)43-42(37)38/h1-8,10-19,21-26H,9,20H2. The van der Waals surface area contributed by atoms with Crippen LogP contribution in [-0.4, -0.2) is 0 Å². The summed E-state index contributed by atoms with van der Waals surface area (Å²) >= 11 is 1.99. The minimum atomic E-state index is 1.13. The summed E-state index contributed by atoms with van der Waals surface area (Å²) < 4.78 is 1.40. The second-order valence-corrected chi connectivity index (χ2v) is 12.7. The highest BCUT2D eigenvalue weighted by atomic mass is 32.1. The van der Waals surface area contributed by atoms with Crippen molar-refractivity contribution in [2.45, 2.75) is 12.8 Å². The van der Waals surface area contributed by atoms with Gasteiger partial charge in [-0.05, 0) is 90.7 Å². The summed E-state index contributed by atoms with van der Waals surface area (Å²) in [7, 11) is 0. The molecule has 0 saturated heterocycles. The molecule has 0 saturated carbocycles. The van der Waals surface area contributed by atoms with Crippen molar-refractivity contribution in [3.05, 3.63) is 150 Å². The lowest BCUT2D eigenvalue weighted by molar-refractivity contribution is 1.02. The van der Waals surface area contributed by atoms with Crippen LogP contribution < -0.4 is 0 Å². The van der Waals surface area contributed by atoms with Crippen molar-refractivity contribution in [3.63, 3.8) is 0 Å². The van der Waals surface area contributed by atoms with Gasteiger partial charge in [0, 0.05) is 20.5 Å². The molecular formula is C42H28S. The zero-order chi connectivity index (χ0) is 28.3. The molecule has 0 bridgehead atoms. The molecule has 0 fully saturated rings. The molecule has 9 rings (SSSR count). The lowest BCUT2D eigenvalue weighted by Gasteiger charge is -2.18. The van der Waals surface area contributed by atoms with Gasteiger partial charge >= 0.3 is 0 Å². The van der Waals surface area contributed by atoms with Gasteiger partial charge in [-0.2, -0.15) is 0 Å². The maximum atomic E-state index is 2.37. The molecule has 0 nitrogen and oxygen atoms in total. The molecule has 43 heavy (non-hydrogen) atoms. The van der Waals surface area contributed by atoms with Crippen LogP contribution in [0.15, 0.2) is 140 Å². The summed E-state index contributed by atoms with van der Waals surface area (Å²) in [4.78, 5) is 1.52. The van der Waals surface area contributed by atoms with Gasteiger partial charge in [0.1, 0.15) is 0 Å². The van der Waals surface area contributed by atoms with Gasteiger partial charge in [-0.25, -0.2) is 0 Å². The Morgan fingerprint density at radius 1 is 0.465 bits per heavy atom. The fourth-order valence-corrected chi connectivity index (χ4v) is 8.43. The Kier molecular flexibility index (Phi) is 5.61. The summed E-state index contributed by atoms with van der Waals surface area (Å²) in [6, 6.07) is 49.4. The molecule has 0 atom stereocenters. The van der Waals surface area contributed by atoms with Crippen molar-refractivity contribution < 1.29 is 0 Å². The number of hydrogen-bond donors (Lipinski definition) is 0. The van der Waals surface area contributed by atoms with Gasteiger partial charge in [0.2, 0.25) is 0 Å². The number of rotatable bonds is 3. The van der Waals surface area contributed by atoms with Crippen LogP contribution in [0, 0.1) is 0 Å². The predicted octanol–water partition coefficient (Wildman–Crippen LogP) is 12.3. The van der Waals surface area contributed by atoms with Gasteiger partial charge in [-0.15, -0.1) is 11.3 Å². The smallest absolute Gasteiger partial charge is 0.0430 e. The minimum Gasteiger partial charge on any atom is -0.139 e. The molecule has 1 aliphatic rings. The normalized spacial score (nSPS) is 12.8. The molecule has 0 spiro atoms. The topological polar surface area (TPSA) is 0 Å². The van der Waals surface area contributed by atoms with Gasteiger partial charge in [0.05, 0.1) is 0 Å². The van der Waals surface area contributed by atoms with E-state index in [9.17, 15) is 0 Å². The Balaban J connectivity index is 1.30. The van der Waals surface area contributed by atoms with Gasteiger partial charge in [0.15, 0.2) is 0 Å². The molecule has 202 valence electrons. The van der Waals surface area contributed by atoms with E-state index in [0.29, 0.717) is 0 Å². The highest BCUT2D eigenvalue weighted by Gasteiger charge is 2.21. The third-order valence-electron chi connectivity index (χ3n) is 9.09. The van der Waals surface area contributed by atoms with Crippen LogP contribution in [0.1, 0.15) is 16.9 Å². The van der Waals surface area contributed by atoms with Crippen LogP contribution in [-0.2, 0) is 6.42 Å². The first-order valence-corrected chi connectivity index (χ1v) is 15.9. The zero-order valence-corrected chi connectivity index (χ0v) is 24.5.